The third-order valence-electron chi connectivity index (χ3n) is 4.02. The topological polar surface area (TPSA) is 77.2 Å². The van der Waals surface area contributed by atoms with Crippen molar-refractivity contribution in [2.75, 3.05) is 25.1 Å². The van der Waals surface area contributed by atoms with E-state index in [1.165, 1.54) is 30.8 Å². The molecule has 4 rings (SSSR count). The minimum Gasteiger partial charge on any atom is -0.480 e. The highest BCUT2D eigenvalue weighted by atomic mass is 32.1. The lowest BCUT2D eigenvalue weighted by Gasteiger charge is -2.27. The normalized spacial score (nSPS) is 14.8. The summed E-state index contributed by atoms with van der Waals surface area (Å²) in [5.74, 6) is 2.51. The summed E-state index contributed by atoms with van der Waals surface area (Å²) in [5.41, 5.74) is 0.835. The maximum Gasteiger partial charge on any atom is 0.270 e. The molecular weight excluding hydrogens is 326 g/mol. The smallest absolute Gasteiger partial charge is 0.270 e. The average molecular weight is 343 g/mol. The van der Waals surface area contributed by atoms with Crippen molar-refractivity contribution in [3.05, 3.63) is 24.4 Å². The predicted molar refractivity (Wildman–Crippen MR) is 91.3 cm³/mol. The van der Waals surface area contributed by atoms with E-state index in [0.29, 0.717) is 17.6 Å². The van der Waals surface area contributed by atoms with E-state index in [1.807, 2.05) is 12.1 Å². The van der Waals surface area contributed by atoms with Crippen LogP contribution in [0.2, 0.25) is 0 Å². The number of methoxy groups -OCH3 is 1. The van der Waals surface area contributed by atoms with Crippen molar-refractivity contribution in [2.45, 2.75) is 19.3 Å². The Balaban J connectivity index is 1.53. The van der Waals surface area contributed by atoms with Gasteiger partial charge in [0, 0.05) is 30.9 Å². The number of nitrogens with zero attached hydrogens (tertiary/aromatic N) is 5. The summed E-state index contributed by atoms with van der Waals surface area (Å²) < 4.78 is 14.5. The molecule has 0 unspecified atom stereocenters. The minimum atomic E-state index is 0.436. The fraction of sp³-hybridized carbons (Fsp3) is 0.375. The molecule has 0 aliphatic carbocycles. The standard InChI is InChI=1S/C16H17N5O2S/c1-22-14-9-12(24-20-14)16-18-15(19-23-16)11-5-6-13(17-10-11)21-7-3-2-4-8-21/h5-6,9-10H,2-4,7-8H2,1H3. The Hall–Kier alpha value is -2.48. The van der Waals surface area contributed by atoms with Crippen LogP contribution in [0.1, 0.15) is 19.3 Å². The lowest BCUT2D eigenvalue weighted by atomic mass is 10.1. The largest absolute Gasteiger partial charge is 0.480 e. The van der Waals surface area contributed by atoms with Crippen LogP contribution < -0.4 is 9.64 Å². The van der Waals surface area contributed by atoms with E-state index in [2.05, 4.69) is 24.4 Å². The fourth-order valence-corrected chi connectivity index (χ4v) is 3.36. The number of piperidine rings is 1. The Morgan fingerprint density at radius 2 is 2.08 bits per heavy atom. The number of anilines is 1. The zero-order valence-corrected chi connectivity index (χ0v) is 14.1. The van der Waals surface area contributed by atoms with Gasteiger partial charge in [0.25, 0.3) is 5.89 Å². The number of aromatic nitrogens is 4. The molecule has 0 amide bonds. The molecule has 4 heterocycles. The van der Waals surface area contributed by atoms with Gasteiger partial charge in [-0.2, -0.15) is 9.36 Å². The number of hydrogen-bond acceptors (Lipinski definition) is 8. The Kier molecular flexibility index (Phi) is 4.12. The molecule has 0 radical (unpaired) electrons. The summed E-state index contributed by atoms with van der Waals surface area (Å²) >= 11 is 1.26. The van der Waals surface area contributed by atoms with Gasteiger partial charge < -0.3 is 14.2 Å². The van der Waals surface area contributed by atoms with E-state index in [1.54, 1.807) is 19.4 Å². The summed E-state index contributed by atoms with van der Waals surface area (Å²) in [7, 11) is 1.58. The third-order valence-corrected chi connectivity index (χ3v) is 4.78. The maximum atomic E-state index is 5.33. The Morgan fingerprint density at radius 3 is 2.79 bits per heavy atom. The van der Waals surface area contributed by atoms with Gasteiger partial charge in [-0.25, -0.2) is 4.98 Å². The lowest BCUT2D eigenvalue weighted by molar-refractivity contribution is 0.402. The van der Waals surface area contributed by atoms with Crippen molar-refractivity contribution < 1.29 is 9.26 Å². The summed E-state index contributed by atoms with van der Waals surface area (Å²) in [6.07, 6.45) is 5.57. The van der Waals surface area contributed by atoms with Gasteiger partial charge >= 0.3 is 0 Å². The average Bonchev–Trinajstić information content (AvgIpc) is 3.32. The van der Waals surface area contributed by atoms with Gasteiger partial charge in [-0.15, -0.1) is 0 Å². The quantitative estimate of drug-likeness (QED) is 0.719. The minimum absolute atomic E-state index is 0.436. The first-order valence-corrected chi connectivity index (χ1v) is 8.67. The van der Waals surface area contributed by atoms with Crippen LogP contribution in [0.25, 0.3) is 22.2 Å². The highest BCUT2D eigenvalue weighted by molar-refractivity contribution is 7.09. The van der Waals surface area contributed by atoms with E-state index < -0.39 is 0 Å². The van der Waals surface area contributed by atoms with E-state index in [0.717, 1.165) is 29.3 Å². The van der Waals surface area contributed by atoms with Gasteiger partial charge in [0.2, 0.25) is 11.7 Å². The molecule has 7 nitrogen and oxygen atoms in total. The van der Waals surface area contributed by atoms with E-state index >= 15 is 0 Å². The molecule has 0 spiro atoms. The van der Waals surface area contributed by atoms with Gasteiger partial charge in [-0.1, -0.05) is 5.16 Å². The van der Waals surface area contributed by atoms with Crippen LogP contribution in [0.15, 0.2) is 28.9 Å². The molecular formula is C16H17N5O2S. The summed E-state index contributed by atoms with van der Waals surface area (Å²) in [5, 5.41) is 4.04. The van der Waals surface area contributed by atoms with Crippen LogP contribution in [0.4, 0.5) is 5.82 Å². The molecule has 124 valence electrons. The van der Waals surface area contributed by atoms with Crippen molar-refractivity contribution >= 4 is 17.4 Å². The number of hydrogen-bond donors (Lipinski definition) is 0. The van der Waals surface area contributed by atoms with Crippen LogP contribution in [0.3, 0.4) is 0 Å². The Labute approximate surface area is 143 Å². The molecule has 0 saturated carbocycles. The van der Waals surface area contributed by atoms with E-state index in [9.17, 15) is 0 Å². The van der Waals surface area contributed by atoms with Crippen molar-refractivity contribution in [3.63, 3.8) is 0 Å². The second kappa shape index (κ2) is 6.56. The zero-order chi connectivity index (χ0) is 16.4. The molecule has 0 bridgehead atoms. The second-order valence-electron chi connectivity index (χ2n) is 5.61. The van der Waals surface area contributed by atoms with Crippen LogP contribution in [0, 0.1) is 0 Å². The molecule has 3 aromatic rings. The molecule has 3 aromatic heterocycles. The molecule has 0 atom stereocenters. The monoisotopic (exact) mass is 343 g/mol. The van der Waals surface area contributed by atoms with E-state index in [-0.39, 0.29) is 0 Å². The molecule has 1 saturated heterocycles. The van der Waals surface area contributed by atoms with Crippen LogP contribution in [0.5, 0.6) is 5.88 Å². The SMILES string of the molecule is COc1cc(-c2nc(-c3ccc(N4CCCCC4)nc3)no2)sn1. The molecule has 24 heavy (non-hydrogen) atoms. The highest BCUT2D eigenvalue weighted by Gasteiger charge is 2.16. The Bertz CT molecular complexity index is 808. The van der Waals surface area contributed by atoms with Gasteiger partial charge in [-0.05, 0) is 42.9 Å². The van der Waals surface area contributed by atoms with Crippen LogP contribution in [-0.4, -0.2) is 39.7 Å². The van der Waals surface area contributed by atoms with Gasteiger partial charge in [0.1, 0.15) is 10.7 Å². The molecule has 0 N–H and O–H groups in total. The van der Waals surface area contributed by atoms with Crippen molar-refractivity contribution in [2.24, 2.45) is 0 Å². The first-order chi connectivity index (χ1) is 11.8. The highest BCUT2D eigenvalue weighted by Crippen LogP contribution is 2.28. The molecule has 1 aliphatic rings. The molecule has 1 fully saturated rings. The number of ether oxygens (including phenoxy) is 1. The van der Waals surface area contributed by atoms with Gasteiger partial charge in [-0.3, -0.25) is 0 Å². The van der Waals surface area contributed by atoms with Crippen LogP contribution >= 0.6 is 11.5 Å². The summed E-state index contributed by atoms with van der Waals surface area (Å²) in [6.45, 7) is 2.15. The number of pyridine rings is 1. The number of rotatable bonds is 4. The summed E-state index contributed by atoms with van der Waals surface area (Å²) in [4.78, 5) is 12.1. The van der Waals surface area contributed by atoms with Crippen LogP contribution in [-0.2, 0) is 0 Å². The van der Waals surface area contributed by atoms with Crippen molar-refractivity contribution in [3.8, 4) is 28.0 Å². The lowest BCUT2D eigenvalue weighted by Crippen LogP contribution is -2.29. The first kappa shape index (κ1) is 15.1. The van der Waals surface area contributed by atoms with Crippen molar-refractivity contribution in [1.29, 1.82) is 0 Å². The van der Waals surface area contributed by atoms with Gasteiger partial charge in [0.05, 0.1) is 7.11 Å². The summed E-state index contributed by atoms with van der Waals surface area (Å²) in [6, 6.07) is 5.78. The fourth-order valence-electron chi connectivity index (χ4n) is 2.73. The zero-order valence-electron chi connectivity index (χ0n) is 13.3. The Morgan fingerprint density at radius 1 is 1.21 bits per heavy atom. The second-order valence-corrected chi connectivity index (χ2v) is 6.41. The third kappa shape index (κ3) is 2.96. The molecule has 1 aliphatic heterocycles. The van der Waals surface area contributed by atoms with Gasteiger partial charge in [0.15, 0.2) is 0 Å². The molecule has 8 heteroatoms. The molecule has 0 aromatic carbocycles. The van der Waals surface area contributed by atoms with Crippen molar-refractivity contribution in [1.82, 2.24) is 19.5 Å². The predicted octanol–water partition coefficient (Wildman–Crippen LogP) is 3.25. The maximum absolute atomic E-state index is 5.33. The first-order valence-electron chi connectivity index (χ1n) is 7.89. The van der Waals surface area contributed by atoms with E-state index in [4.69, 9.17) is 9.26 Å².